The number of fused-ring (bicyclic) bond motifs is 1. The zero-order chi connectivity index (χ0) is 17.9. The van der Waals surface area contributed by atoms with E-state index in [1.807, 2.05) is 24.3 Å². The Hall–Kier alpha value is -2.70. The van der Waals surface area contributed by atoms with Crippen LogP contribution in [0.2, 0.25) is 0 Å². The molecule has 1 atom stereocenters. The van der Waals surface area contributed by atoms with Gasteiger partial charge >= 0.3 is 5.97 Å². The van der Waals surface area contributed by atoms with Crippen LogP contribution in [0, 0.1) is 0 Å². The quantitative estimate of drug-likeness (QED) is 0.714. The van der Waals surface area contributed by atoms with Gasteiger partial charge in [-0.25, -0.2) is 13.2 Å². The van der Waals surface area contributed by atoms with Crippen LogP contribution in [0.5, 0.6) is 0 Å². The Morgan fingerprint density at radius 1 is 0.920 bits per heavy atom. The summed E-state index contributed by atoms with van der Waals surface area (Å²) in [5.41, 5.74) is 0.513. The van der Waals surface area contributed by atoms with Gasteiger partial charge in [0.1, 0.15) is 6.04 Å². The second-order valence-corrected chi connectivity index (χ2v) is 7.21. The van der Waals surface area contributed by atoms with Crippen molar-refractivity contribution in [2.45, 2.75) is 10.9 Å². The maximum atomic E-state index is 12.8. The van der Waals surface area contributed by atoms with Crippen molar-refractivity contribution in [1.82, 2.24) is 4.72 Å². The first-order valence-corrected chi connectivity index (χ1v) is 9.13. The summed E-state index contributed by atoms with van der Waals surface area (Å²) in [6, 6.07) is 19.8. The van der Waals surface area contributed by atoms with Crippen LogP contribution in [0.3, 0.4) is 0 Å². The van der Waals surface area contributed by atoms with Crippen LogP contribution < -0.4 is 4.72 Å². The lowest BCUT2D eigenvalue weighted by atomic mass is 10.1. The minimum Gasteiger partial charge on any atom is -0.468 e. The van der Waals surface area contributed by atoms with Crippen LogP contribution >= 0.6 is 0 Å². The molecular weight excluding hydrogens is 338 g/mol. The lowest BCUT2D eigenvalue weighted by molar-refractivity contribution is -0.142. The van der Waals surface area contributed by atoms with Crippen molar-refractivity contribution < 1.29 is 17.9 Å². The number of carbonyl (C=O) groups is 1. The summed E-state index contributed by atoms with van der Waals surface area (Å²) in [4.78, 5) is 12.2. The van der Waals surface area contributed by atoms with Crippen LogP contribution in [0.15, 0.2) is 77.7 Å². The summed E-state index contributed by atoms with van der Waals surface area (Å²) >= 11 is 0. The highest BCUT2D eigenvalue weighted by atomic mass is 32.2. The molecule has 0 aliphatic rings. The standard InChI is InChI=1S/C19H17NO4S/c1-24-19(21)18(15-8-3-2-4-9-15)20-25(22,23)17-12-11-14-7-5-6-10-16(14)13-17/h2-13,18,20H,1H3. The molecule has 0 heterocycles. The summed E-state index contributed by atoms with van der Waals surface area (Å²) in [6.45, 7) is 0. The van der Waals surface area contributed by atoms with Gasteiger partial charge in [0.2, 0.25) is 10.0 Å². The van der Waals surface area contributed by atoms with Crippen LogP contribution in [-0.4, -0.2) is 21.5 Å². The minimum atomic E-state index is -3.91. The normalized spacial score (nSPS) is 12.7. The third-order valence-electron chi connectivity index (χ3n) is 3.87. The fourth-order valence-electron chi connectivity index (χ4n) is 2.57. The molecule has 0 aliphatic heterocycles. The molecule has 128 valence electrons. The van der Waals surface area contributed by atoms with Gasteiger partial charge in [0, 0.05) is 0 Å². The van der Waals surface area contributed by atoms with Crippen molar-refractivity contribution in [2.24, 2.45) is 0 Å². The average molecular weight is 355 g/mol. The molecule has 3 aromatic carbocycles. The molecule has 3 rings (SSSR count). The third-order valence-corrected chi connectivity index (χ3v) is 5.29. The average Bonchev–Trinajstić information content (AvgIpc) is 2.66. The molecule has 25 heavy (non-hydrogen) atoms. The van der Waals surface area contributed by atoms with Crippen LogP contribution in [0.1, 0.15) is 11.6 Å². The van der Waals surface area contributed by atoms with Crippen LogP contribution in [-0.2, 0) is 19.6 Å². The number of benzene rings is 3. The van der Waals surface area contributed by atoms with Crippen molar-refractivity contribution in [3.8, 4) is 0 Å². The van der Waals surface area contributed by atoms with E-state index in [4.69, 9.17) is 4.74 Å². The Morgan fingerprint density at radius 3 is 2.24 bits per heavy atom. The first kappa shape index (κ1) is 17.1. The van der Waals surface area contributed by atoms with Crippen molar-refractivity contribution in [1.29, 1.82) is 0 Å². The molecule has 5 nitrogen and oxygen atoms in total. The zero-order valence-corrected chi connectivity index (χ0v) is 14.4. The third kappa shape index (κ3) is 3.70. The lowest BCUT2D eigenvalue weighted by Crippen LogP contribution is -2.34. The van der Waals surface area contributed by atoms with Gasteiger partial charge in [0.05, 0.1) is 12.0 Å². The van der Waals surface area contributed by atoms with Gasteiger partial charge in [0.15, 0.2) is 0 Å². The van der Waals surface area contributed by atoms with E-state index in [0.717, 1.165) is 10.8 Å². The Morgan fingerprint density at radius 2 is 1.56 bits per heavy atom. The first-order chi connectivity index (χ1) is 12.0. The zero-order valence-electron chi connectivity index (χ0n) is 13.5. The molecule has 0 amide bonds. The maximum absolute atomic E-state index is 12.8. The molecule has 3 aromatic rings. The highest BCUT2D eigenvalue weighted by Crippen LogP contribution is 2.22. The minimum absolute atomic E-state index is 0.0936. The molecule has 0 aliphatic carbocycles. The summed E-state index contributed by atoms with van der Waals surface area (Å²) in [7, 11) is -2.68. The van der Waals surface area contributed by atoms with E-state index in [2.05, 4.69) is 4.72 Å². The number of hydrogen-bond donors (Lipinski definition) is 1. The number of ether oxygens (including phenoxy) is 1. The molecule has 0 saturated carbocycles. The Labute approximate surface area is 146 Å². The fourth-order valence-corrected chi connectivity index (χ4v) is 3.78. The lowest BCUT2D eigenvalue weighted by Gasteiger charge is -2.17. The van der Waals surface area contributed by atoms with Crippen molar-refractivity contribution in [3.63, 3.8) is 0 Å². The van der Waals surface area contributed by atoms with Gasteiger partial charge in [-0.2, -0.15) is 4.72 Å². The molecule has 1 unspecified atom stereocenters. The van der Waals surface area contributed by atoms with Gasteiger partial charge < -0.3 is 4.74 Å². The number of rotatable bonds is 5. The number of carbonyl (C=O) groups excluding carboxylic acids is 1. The van der Waals surface area contributed by atoms with Gasteiger partial charge in [-0.15, -0.1) is 0 Å². The topological polar surface area (TPSA) is 72.5 Å². The van der Waals surface area contributed by atoms with E-state index in [-0.39, 0.29) is 4.90 Å². The Bertz CT molecular complexity index is 1000. The number of esters is 1. The van der Waals surface area contributed by atoms with Gasteiger partial charge in [-0.3, -0.25) is 0 Å². The van der Waals surface area contributed by atoms with E-state index < -0.39 is 22.0 Å². The smallest absolute Gasteiger partial charge is 0.328 e. The van der Waals surface area contributed by atoms with Gasteiger partial charge in [0.25, 0.3) is 0 Å². The highest BCUT2D eigenvalue weighted by molar-refractivity contribution is 7.89. The predicted molar refractivity (Wildman–Crippen MR) is 95.5 cm³/mol. The summed E-state index contributed by atoms with van der Waals surface area (Å²) in [5.74, 6) is -0.671. The second-order valence-electron chi connectivity index (χ2n) is 5.50. The number of methoxy groups -OCH3 is 1. The molecule has 1 N–H and O–H groups in total. The molecule has 0 spiro atoms. The molecular formula is C19H17NO4S. The van der Waals surface area contributed by atoms with Crippen LogP contribution in [0.25, 0.3) is 10.8 Å². The Balaban J connectivity index is 1.98. The van der Waals surface area contributed by atoms with E-state index >= 15 is 0 Å². The molecule has 0 aromatic heterocycles. The first-order valence-electron chi connectivity index (χ1n) is 7.65. The van der Waals surface area contributed by atoms with Gasteiger partial charge in [-0.05, 0) is 28.5 Å². The fraction of sp³-hybridized carbons (Fsp3) is 0.105. The molecule has 0 bridgehead atoms. The van der Waals surface area contributed by atoms with E-state index in [1.54, 1.807) is 42.5 Å². The van der Waals surface area contributed by atoms with Crippen molar-refractivity contribution in [3.05, 3.63) is 78.4 Å². The van der Waals surface area contributed by atoms with Crippen molar-refractivity contribution >= 4 is 26.8 Å². The molecule has 0 radical (unpaired) electrons. The van der Waals surface area contributed by atoms with E-state index in [0.29, 0.717) is 5.56 Å². The number of hydrogen-bond acceptors (Lipinski definition) is 4. The molecule has 0 saturated heterocycles. The van der Waals surface area contributed by atoms with E-state index in [1.165, 1.54) is 13.2 Å². The largest absolute Gasteiger partial charge is 0.468 e. The number of sulfonamides is 1. The number of nitrogens with one attached hydrogen (secondary N) is 1. The predicted octanol–water partition coefficient (Wildman–Crippen LogP) is 3.03. The summed E-state index contributed by atoms with van der Waals surface area (Å²) in [5, 5.41) is 1.74. The SMILES string of the molecule is COC(=O)C(NS(=O)(=O)c1ccc2ccccc2c1)c1ccccc1. The molecule has 0 fully saturated rings. The van der Waals surface area contributed by atoms with Crippen LogP contribution in [0.4, 0.5) is 0 Å². The second kappa shape index (κ2) is 7.04. The van der Waals surface area contributed by atoms with E-state index in [9.17, 15) is 13.2 Å². The van der Waals surface area contributed by atoms with Crippen molar-refractivity contribution in [2.75, 3.05) is 7.11 Å². The monoisotopic (exact) mass is 355 g/mol. The van der Waals surface area contributed by atoms with Gasteiger partial charge in [-0.1, -0.05) is 60.7 Å². The maximum Gasteiger partial charge on any atom is 0.328 e. The summed E-state index contributed by atoms with van der Waals surface area (Å²) in [6.07, 6.45) is 0. The Kier molecular flexibility index (Phi) is 4.83. The highest BCUT2D eigenvalue weighted by Gasteiger charge is 2.28. The molecule has 6 heteroatoms. The summed E-state index contributed by atoms with van der Waals surface area (Å²) < 4.78 is 32.7.